The first-order valence-electron chi connectivity index (χ1n) is 12.5. The van der Waals surface area contributed by atoms with E-state index in [1.165, 1.54) is 21.3 Å². The number of hydrogen-bond donors (Lipinski definition) is 1. The van der Waals surface area contributed by atoms with E-state index < -0.39 is 28.0 Å². The minimum Gasteiger partial charge on any atom is -0.496 e. The zero-order chi connectivity index (χ0) is 27.4. The summed E-state index contributed by atoms with van der Waals surface area (Å²) < 4.78 is 39.0. The second-order valence-electron chi connectivity index (χ2n) is 9.62. The van der Waals surface area contributed by atoms with Gasteiger partial charge in [-0.05, 0) is 37.3 Å². The third-order valence-corrected chi connectivity index (χ3v) is 8.48. The third-order valence-electron chi connectivity index (χ3n) is 6.63. The van der Waals surface area contributed by atoms with E-state index in [9.17, 15) is 18.0 Å². The van der Waals surface area contributed by atoms with Crippen molar-refractivity contribution in [3.05, 3.63) is 72.5 Å². The van der Waals surface area contributed by atoms with Crippen LogP contribution in [0.2, 0.25) is 0 Å². The molecule has 2 atom stereocenters. The van der Waals surface area contributed by atoms with E-state index in [0.29, 0.717) is 11.5 Å². The second-order valence-corrected chi connectivity index (χ2v) is 11.6. The fourth-order valence-corrected chi connectivity index (χ4v) is 6.20. The molecule has 202 valence electrons. The van der Waals surface area contributed by atoms with Gasteiger partial charge in [-0.2, -0.15) is 4.31 Å². The number of carbonyl (C=O) groups is 2. The number of benzene rings is 2. The van der Waals surface area contributed by atoms with E-state index in [2.05, 4.69) is 5.32 Å². The van der Waals surface area contributed by atoms with Gasteiger partial charge in [0, 0.05) is 42.7 Å². The van der Waals surface area contributed by atoms with Gasteiger partial charge in [-0.3, -0.25) is 9.59 Å². The fourth-order valence-electron chi connectivity index (χ4n) is 4.65. The molecule has 0 spiro atoms. The van der Waals surface area contributed by atoms with Crippen LogP contribution in [0.5, 0.6) is 5.75 Å². The Morgan fingerprint density at radius 1 is 1.08 bits per heavy atom. The Morgan fingerprint density at radius 2 is 1.82 bits per heavy atom. The standard InChI is InChI=1S/C28H33N3O6S/c1-19(2)28(33)31-20(3)17-30(38(34,35)23-9-6-5-7-10-23)18-24(31)27(32)29-16-22-13-12-21(15-26(22)36-4)25-11-8-14-37-25/h5-15,19-20,24H,16-18H2,1-4H3,(H,29,32). The average molecular weight is 540 g/mol. The van der Waals surface area contributed by atoms with Crippen LogP contribution in [0.4, 0.5) is 0 Å². The molecular formula is C28H33N3O6S. The highest BCUT2D eigenvalue weighted by Crippen LogP contribution is 2.28. The van der Waals surface area contributed by atoms with Crippen molar-refractivity contribution in [3.8, 4) is 17.1 Å². The molecule has 3 aromatic rings. The van der Waals surface area contributed by atoms with E-state index in [1.807, 2.05) is 24.3 Å². The minimum absolute atomic E-state index is 0.0987. The predicted molar refractivity (Wildman–Crippen MR) is 143 cm³/mol. The quantitative estimate of drug-likeness (QED) is 0.469. The molecule has 2 aromatic carbocycles. The molecule has 0 bridgehead atoms. The summed E-state index contributed by atoms with van der Waals surface area (Å²) in [4.78, 5) is 28.3. The van der Waals surface area contributed by atoms with Gasteiger partial charge in [0.05, 0.1) is 18.3 Å². The number of methoxy groups -OCH3 is 1. The van der Waals surface area contributed by atoms with E-state index in [4.69, 9.17) is 9.15 Å². The lowest BCUT2D eigenvalue weighted by Gasteiger charge is -2.44. The van der Waals surface area contributed by atoms with Crippen molar-refractivity contribution in [2.75, 3.05) is 20.2 Å². The SMILES string of the molecule is COc1cc(-c2ccco2)ccc1CNC(=O)C1CN(S(=O)(=O)c2ccccc2)CC(C)N1C(=O)C(C)C. The summed E-state index contributed by atoms with van der Waals surface area (Å²) in [6, 6.07) is 15.8. The summed E-state index contributed by atoms with van der Waals surface area (Å²) in [5, 5.41) is 2.90. The third kappa shape index (κ3) is 5.61. The molecular weight excluding hydrogens is 506 g/mol. The molecule has 2 heterocycles. The lowest BCUT2D eigenvalue weighted by molar-refractivity contribution is -0.148. The van der Waals surface area contributed by atoms with Gasteiger partial charge < -0.3 is 19.4 Å². The van der Waals surface area contributed by atoms with Crippen molar-refractivity contribution in [2.24, 2.45) is 5.92 Å². The van der Waals surface area contributed by atoms with Gasteiger partial charge in [0.15, 0.2) is 0 Å². The average Bonchev–Trinajstić information content (AvgIpc) is 3.46. The summed E-state index contributed by atoms with van der Waals surface area (Å²) in [6.45, 7) is 5.40. The first-order valence-corrected chi connectivity index (χ1v) is 13.9. The van der Waals surface area contributed by atoms with E-state index in [-0.39, 0.29) is 36.4 Å². The highest BCUT2D eigenvalue weighted by molar-refractivity contribution is 7.89. The number of nitrogens with one attached hydrogen (secondary N) is 1. The summed E-state index contributed by atoms with van der Waals surface area (Å²) in [7, 11) is -2.30. The summed E-state index contributed by atoms with van der Waals surface area (Å²) in [5.74, 6) is 0.280. The van der Waals surface area contributed by atoms with Gasteiger partial charge in [-0.25, -0.2) is 8.42 Å². The molecule has 2 amide bonds. The number of piperazine rings is 1. The molecule has 0 aliphatic carbocycles. The van der Waals surface area contributed by atoms with Crippen LogP contribution in [0.1, 0.15) is 26.3 Å². The van der Waals surface area contributed by atoms with Crippen LogP contribution in [-0.4, -0.2) is 61.7 Å². The van der Waals surface area contributed by atoms with Crippen molar-refractivity contribution < 1.29 is 27.2 Å². The maximum absolute atomic E-state index is 13.5. The number of carbonyl (C=O) groups excluding carboxylic acids is 2. The van der Waals surface area contributed by atoms with Gasteiger partial charge in [0.2, 0.25) is 21.8 Å². The van der Waals surface area contributed by atoms with Crippen molar-refractivity contribution in [1.82, 2.24) is 14.5 Å². The Hall–Kier alpha value is -3.63. The van der Waals surface area contributed by atoms with Crippen molar-refractivity contribution in [1.29, 1.82) is 0 Å². The van der Waals surface area contributed by atoms with Crippen molar-refractivity contribution in [3.63, 3.8) is 0 Å². The second kappa shape index (κ2) is 11.4. The zero-order valence-electron chi connectivity index (χ0n) is 22.0. The van der Waals surface area contributed by atoms with E-state index >= 15 is 0 Å². The Morgan fingerprint density at radius 3 is 2.45 bits per heavy atom. The Balaban J connectivity index is 1.57. The first-order chi connectivity index (χ1) is 18.1. The van der Waals surface area contributed by atoms with Crippen LogP contribution in [0.25, 0.3) is 11.3 Å². The highest BCUT2D eigenvalue weighted by Gasteiger charge is 2.43. The van der Waals surface area contributed by atoms with Crippen molar-refractivity contribution in [2.45, 2.75) is 44.3 Å². The number of furan rings is 1. The van der Waals surface area contributed by atoms with Gasteiger partial charge in [-0.1, -0.05) is 44.2 Å². The molecule has 1 fully saturated rings. The van der Waals surface area contributed by atoms with Crippen LogP contribution in [-0.2, 0) is 26.2 Å². The van der Waals surface area contributed by atoms with E-state index in [0.717, 1.165) is 11.1 Å². The Labute approximate surface area is 223 Å². The molecule has 0 radical (unpaired) electrons. The van der Waals surface area contributed by atoms with Gasteiger partial charge in [-0.15, -0.1) is 0 Å². The fraction of sp³-hybridized carbons (Fsp3) is 0.357. The lowest BCUT2D eigenvalue weighted by atomic mass is 10.0. The van der Waals surface area contributed by atoms with Crippen LogP contribution in [0.15, 0.2) is 76.2 Å². The molecule has 1 aromatic heterocycles. The molecule has 1 aliphatic heterocycles. The topological polar surface area (TPSA) is 109 Å². The lowest BCUT2D eigenvalue weighted by Crippen LogP contribution is -2.65. The molecule has 0 saturated carbocycles. The van der Waals surface area contributed by atoms with Crippen LogP contribution < -0.4 is 10.1 Å². The van der Waals surface area contributed by atoms with Crippen LogP contribution in [0, 0.1) is 5.92 Å². The maximum atomic E-state index is 13.5. The monoisotopic (exact) mass is 539 g/mol. The van der Waals surface area contributed by atoms with Crippen molar-refractivity contribution >= 4 is 21.8 Å². The predicted octanol–water partition coefficient (Wildman–Crippen LogP) is 3.52. The smallest absolute Gasteiger partial charge is 0.244 e. The summed E-state index contributed by atoms with van der Waals surface area (Å²) >= 11 is 0. The number of hydrogen-bond acceptors (Lipinski definition) is 6. The zero-order valence-corrected chi connectivity index (χ0v) is 22.8. The molecule has 1 saturated heterocycles. The molecule has 1 aliphatic rings. The van der Waals surface area contributed by atoms with Crippen LogP contribution in [0.3, 0.4) is 0 Å². The first kappa shape index (κ1) is 27.4. The van der Waals surface area contributed by atoms with Crippen LogP contribution >= 0.6 is 0 Å². The summed E-state index contributed by atoms with van der Waals surface area (Å²) in [5.41, 5.74) is 1.56. The Bertz CT molecular complexity index is 1370. The number of rotatable bonds is 8. The summed E-state index contributed by atoms with van der Waals surface area (Å²) in [6.07, 6.45) is 1.59. The molecule has 38 heavy (non-hydrogen) atoms. The number of sulfonamides is 1. The molecule has 9 nitrogen and oxygen atoms in total. The maximum Gasteiger partial charge on any atom is 0.244 e. The molecule has 1 N–H and O–H groups in total. The molecule has 2 unspecified atom stereocenters. The normalized spacial score (nSPS) is 18.4. The van der Waals surface area contributed by atoms with Gasteiger partial charge in [0.1, 0.15) is 17.6 Å². The molecule has 10 heteroatoms. The van der Waals surface area contributed by atoms with E-state index in [1.54, 1.807) is 58.4 Å². The number of nitrogens with zero attached hydrogens (tertiary/aromatic N) is 2. The Kier molecular flexibility index (Phi) is 8.23. The molecule has 4 rings (SSSR count). The van der Waals surface area contributed by atoms with Gasteiger partial charge in [0.25, 0.3) is 0 Å². The largest absolute Gasteiger partial charge is 0.496 e. The van der Waals surface area contributed by atoms with Gasteiger partial charge >= 0.3 is 0 Å². The number of ether oxygens (including phenoxy) is 1. The highest BCUT2D eigenvalue weighted by atomic mass is 32.2. The number of amides is 2. The minimum atomic E-state index is -3.85.